The maximum atomic E-state index is 5.27. The third-order valence-corrected chi connectivity index (χ3v) is 11.5. The highest BCUT2D eigenvalue weighted by Crippen LogP contribution is 2.40. The monoisotopic (exact) mass is 805 g/mol. The van der Waals surface area contributed by atoms with Crippen LogP contribution in [0.4, 0.5) is 0 Å². The van der Waals surface area contributed by atoms with Crippen molar-refractivity contribution >= 4 is 11.0 Å². The maximum absolute atomic E-state index is 5.27. The van der Waals surface area contributed by atoms with E-state index in [1.165, 1.54) is 0 Å². The van der Waals surface area contributed by atoms with Crippen molar-refractivity contribution in [1.29, 1.82) is 0 Å². The average Bonchev–Trinajstić information content (AvgIpc) is 3.82. The largest absolute Gasteiger partial charge is 0.264 e. The molecule has 0 amide bonds. The first-order chi connectivity index (χ1) is 31.2. The predicted octanol–water partition coefficient (Wildman–Crippen LogP) is 14.5. The zero-order valence-electron chi connectivity index (χ0n) is 34.3. The summed E-state index contributed by atoms with van der Waals surface area (Å²) in [5.74, 6) is 0. The molecular formula is C58H39N5. The van der Waals surface area contributed by atoms with E-state index < -0.39 is 0 Å². The van der Waals surface area contributed by atoms with Crippen molar-refractivity contribution in [2.24, 2.45) is 0 Å². The zero-order valence-corrected chi connectivity index (χ0v) is 34.3. The minimum atomic E-state index is 0.801. The molecule has 0 bridgehead atoms. The Morgan fingerprint density at radius 1 is 0.302 bits per heavy atom. The molecule has 0 spiro atoms. The van der Waals surface area contributed by atoms with Gasteiger partial charge in [-0.2, -0.15) is 4.80 Å². The van der Waals surface area contributed by atoms with Gasteiger partial charge in [0.15, 0.2) is 0 Å². The highest BCUT2D eigenvalue weighted by atomic mass is 15.5. The fourth-order valence-electron chi connectivity index (χ4n) is 8.32. The van der Waals surface area contributed by atoms with Crippen LogP contribution in [0.1, 0.15) is 0 Å². The molecule has 0 fully saturated rings. The number of aromatic nitrogens is 5. The van der Waals surface area contributed by atoms with Crippen molar-refractivity contribution < 1.29 is 0 Å². The first kappa shape index (κ1) is 37.5. The molecule has 5 nitrogen and oxygen atoms in total. The Balaban J connectivity index is 1.09. The number of hydrogen-bond acceptors (Lipinski definition) is 4. The Hall–Kier alpha value is -8.54. The van der Waals surface area contributed by atoms with Crippen molar-refractivity contribution in [3.63, 3.8) is 0 Å². The number of hydrogen-bond donors (Lipinski definition) is 0. The molecule has 0 unspecified atom stereocenters. The molecule has 3 aromatic heterocycles. The van der Waals surface area contributed by atoms with E-state index in [0.29, 0.717) is 0 Å². The van der Waals surface area contributed by atoms with Crippen LogP contribution in [-0.2, 0) is 0 Å². The van der Waals surface area contributed by atoms with Gasteiger partial charge in [-0.25, -0.2) is 4.98 Å². The third kappa shape index (κ3) is 7.72. The third-order valence-electron chi connectivity index (χ3n) is 11.5. The lowest BCUT2D eigenvalue weighted by molar-refractivity contribution is 0.766. The van der Waals surface area contributed by atoms with Crippen LogP contribution >= 0.6 is 0 Å². The number of fused-ring (bicyclic) bond motifs is 1. The molecule has 0 radical (unpaired) electrons. The zero-order chi connectivity index (χ0) is 42.0. The molecule has 296 valence electrons. The van der Waals surface area contributed by atoms with Crippen LogP contribution in [0.15, 0.2) is 237 Å². The molecule has 0 aliphatic carbocycles. The lowest BCUT2D eigenvalue weighted by Gasteiger charge is -2.14. The van der Waals surface area contributed by atoms with Crippen LogP contribution in [0.2, 0.25) is 0 Å². The molecule has 3 heterocycles. The van der Waals surface area contributed by atoms with E-state index in [0.717, 1.165) is 106 Å². The molecule has 0 saturated carbocycles. The summed E-state index contributed by atoms with van der Waals surface area (Å²) >= 11 is 0. The van der Waals surface area contributed by atoms with E-state index in [-0.39, 0.29) is 0 Å². The molecule has 0 N–H and O–H groups in total. The summed E-state index contributed by atoms with van der Waals surface area (Å²) in [5, 5.41) is 10.5. The SMILES string of the molecule is c1ccc(-c2cc(-c3ccccc3)cc(-c3cc(-c4cc(-c5ccccc5)cc(-c5ccccc5)c4)c4nn(-c5ccc(-c6cccc(-c7cccnc7)n6)cc5)nc4c3)c2)cc1. The van der Waals surface area contributed by atoms with Crippen LogP contribution < -0.4 is 0 Å². The van der Waals surface area contributed by atoms with Gasteiger partial charge in [-0.3, -0.25) is 4.98 Å². The van der Waals surface area contributed by atoms with Gasteiger partial charge in [0.25, 0.3) is 0 Å². The summed E-state index contributed by atoms with van der Waals surface area (Å²) in [6.45, 7) is 0. The molecule has 0 aliphatic rings. The Morgan fingerprint density at radius 3 is 1.24 bits per heavy atom. The summed E-state index contributed by atoms with van der Waals surface area (Å²) in [5.41, 5.74) is 19.6. The quantitative estimate of drug-likeness (QED) is 0.146. The van der Waals surface area contributed by atoms with E-state index in [2.05, 4.69) is 199 Å². The Labute approximate surface area is 366 Å². The summed E-state index contributed by atoms with van der Waals surface area (Å²) in [6, 6.07) is 78.9. The van der Waals surface area contributed by atoms with E-state index in [1.54, 1.807) is 11.0 Å². The summed E-state index contributed by atoms with van der Waals surface area (Å²) in [6.07, 6.45) is 3.61. The van der Waals surface area contributed by atoms with Crippen LogP contribution in [-0.4, -0.2) is 25.0 Å². The van der Waals surface area contributed by atoms with E-state index in [9.17, 15) is 0 Å². The predicted molar refractivity (Wildman–Crippen MR) is 258 cm³/mol. The lowest BCUT2D eigenvalue weighted by atomic mass is 9.90. The summed E-state index contributed by atoms with van der Waals surface area (Å²) in [4.78, 5) is 11.0. The number of nitrogens with zero attached hydrogens (tertiary/aromatic N) is 5. The number of rotatable bonds is 9. The molecule has 11 rings (SSSR count). The second kappa shape index (κ2) is 16.5. The van der Waals surface area contributed by atoms with Crippen molar-refractivity contribution in [3.05, 3.63) is 237 Å². The van der Waals surface area contributed by atoms with Crippen molar-refractivity contribution in [2.75, 3.05) is 0 Å². The first-order valence-corrected chi connectivity index (χ1v) is 21.1. The minimum absolute atomic E-state index is 0.801. The maximum Gasteiger partial charge on any atom is 0.121 e. The van der Waals surface area contributed by atoms with Gasteiger partial charge in [0.05, 0.1) is 17.1 Å². The van der Waals surface area contributed by atoms with Gasteiger partial charge in [0, 0.05) is 29.1 Å². The fraction of sp³-hybridized carbons (Fsp3) is 0. The van der Waals surface area contributed by atoms with Crippen LogP contribution in [0, 0.1) is 0 Å². The highest BCUT2D eigenvalue weighted by Gasteiger charge is 2.18. The van der Waals surface area contributed by atoms with Gasteiger partial charge in [0.2, 0.25) is 0 Å². The van der Waals surface area contributed by atoms with Gasteiger partial charge < -0.3 is 0 Å². The van der Waals surface area contributed by atoms with Crippen molar-refractivity contribution in [1.82, 2.24) is 25.0 Å². The van der Waals surface area contributed by atoms with Crippen molar-refractivity contribution in [3.8, 4) is 95.0 Å². The normalized spacial score (nSPS) is 11.2. The van der Waals surface area contributed by atoms with E-state index in [1.807, 2.05) is 36.5 Å². The van der Waals surface area contributed by atoms with E-state index >= 15 is 0 Å². The van der Waals surface area contributed by atoms with Gasteiger partial charge in [0.1, 0.15) is 11.0 Å². The molecule has 11 aromatic rings. The van der Waals surface area contributed by atoms with E-state index in [4.69, 9.17) is 15.2 Å². The van der Waals surface area contributed by atoms with Gasteiger partial charge in [-0.1, -0.05) is 140 Å². The second-order valence-electron chi connectivity index (χ2n) is 15.6. The minimum Gasteiger partial charge on any atom is -0.264 e. The van der Waals surface area contributed by atoms with Gasteiger partial charge in [-0.15, -0.1) is 10.2 Å². The Bertz CT molecular complexity index is 3230. The van der Waals surface area contributed by atoms with Crippen LogP contribution in [0.3, 0.4) is 0 Å². The summed E-state index contributed by atoms with van der Waals surface area (Å²) in [7, 11) is 0. The Kier molecular flexibility index (Phi) is 9.80. The lowest BCUT2D eigenvalue weighted by Crippen LogP contribution is -1.98. The van der Waals surface area contributed by atoms with Crippen LogP contribution in [0.25, 0.3) is 106 Å². The second-order valence-corrected chi connectivity index (χ2v) is 15.6. The average molecular weight is 806 g/mol. The molecular weight excluding hydrogens is 767 g/mol. The smallest absolute Gasteiger partial charge is 0.121 e. The molecule has 0 saturated heterocycles. The van der Waals surface area contributed by atoms with Crippen molar-refractivity contribution in [2.45, 2.75) is 0 Å². The van der Waals surface area contributed by atoms with Gasteiger partial charge in [-0.05, 0) is 146 Å². The molecule has 0 aliphatic heterocycles. The Morgan fingerprint density at radius 2 is 0.746 bits per heavy atom. The molecule has 63 heavy (non-hydrogen) atoms. The van der Waals surface area contributed by atoms with Gasteiger partial charge >= 0.3 is 0 Å². The highest BCUT2D eigenvalue weighted by molar-refractivity contribution is 5.98. The topological polar surface area (TPSA) is 56.5 Å². The molecule has 8 aromatic carbocycles. The standard InChI is InChI=1S/C58H39N5/c1-5-15-40(16-6-1)46-31-47(41-17-7-2-8-18-41)34-50(33-46)51-37-54(52-35-48(42-19-9-3-10-20-42)32-49(36-52)43-21-11-4-12-22-43)58-57(38-51)61-63(62-58)53-28-26-44(27-29-53)55-24-13-25-56(60-55)45-23-14-30-59-39-45/h1-39H. The fourth-order valence-corrected chi connectivity index (χ4v) is 8.32. The molecule has 5 heteroatoms. The number of pyridine rings is 2. The summed E-state index contributed by atoms with van der Waals surface area (Å²) < 4.78 is 0. The number of benzene rings is 8. The first-order valence-electron chi connectivity index (χ1n) is 21.1. The molecule has 0 atom stereocenters. The van der Waals surface area contributed by atoms with Crippen LogP contribution in [0.5, 0.6) is 0 Å².